The molecule has 1 amide bonds. The van der Waals surface area contributed by atoms with Gasteiger partial charge >= 0.3 is 0 Å². The first-order valence-electron chi connectivity index (χ1n) is 15.4. The molecule has 11 nitrogen and oxygen atoms in total. The van der Waals surface area contributed by atoms with Gasteiger partial charge in [0.2, 0.25) is 17.8 Å². The van der Waals surface area contributed by atoms with E-state index in [-0.39, 0.29) is 49.7 Å². The number of piperazine rings is 1. The Bertz CT molecular complexity index is 1410. The van der Waals surface area contributed by atoms with Crippen LogP contribution >= 0.6 is 0 Å². The maximum atomic E-state index is 14.6. The normalized spacial score (nSPS) is 24.6. The second kappa shape index (κ2) is 14.1. The maximum absolute atomic E-state index is 14.6. The predicted octanol–water partition coefficient (Wildman–Crippen LogP) is 4.07. The Morgan fingerprint density at radius 1 is 0.977 bits per heavy atom. The smallest absolute Gasteiger partial charge is 0.225 e. The molecule has 2 saturated carbocycles. The molecular formula is C31H44F2N8O3. The molecule has 0 unspecified atom stereocenters. The SMILES string of the molecule is C.O=C(C1CCC(n2c(Nc3ccc(F)cc3F)nc3cnc(NC4CCC(O)CC4)nc32)CC1)N1CCN(CCO)CC1. The van der Waals surface area contributed by atoms with E-state index in [1.54, 1.807) is 6.20 Å². The van der Waals surface area contributed by atoms with Crippen molar-refractivity contribution in [2.75, 3.05) is 50.0 Å². The lowest BCUT2D eigenvalue weighted by Crippen LogP contribution is -2.51. The van der Waals surface area contributed by atoms with E-state index >= 15 is 0 Å². The first-order chi connectivity index (χ1) is 20.9. The van der Waals surface area contributed by atoms with Gasteiger partial charge in [0.15, 0.2) is 5.65 Å². The molecule has 0 radical (unpaired) electrons. The number of nitrogens with zero attached hydrogens (tertiary/aromatic N) is 6. The maximum Gasteiger partial charge on any atom is 0.225 e. The van der Waals surface area contributed by atoms with Crippen molar-refractivity contribution in [1.29, 1.82) is 0 Å². The fourth-order valence-corrected chi connectivity index (χ4v) is 6.68. The highest BCUT2D eigenvalue weighted by Gasteiger charge is 2.33. The molecule has 0 atom stereocenters. The van der Waals surface area contributed by atoms with Crippen molar-refractivity contribution in [2.45, 2.75) is 77.0 Å². The Labute approximate surface area is 256 Å². The highest BCUT2D eigenvalue weighted by Crippen LogP contribution is 2.38. The Hall–Kier alpha value is -3.42. The van der Waals surface area contributed by atoms with Gasteiger partial charge in [-0.1, -0.05) is 7.43 Å². The van der Waals surface area contributed by atoms with Gasteiger partial charge in [-0.2, -0.15) is 4.98 Å². The summed E-state index contributed by atoms with van der Waals surface area (Å²) in [4.78, 5) is 31.5. The van der Waals surface area contributed by atoms with Crippen molar-refractivity contribution in [1.82, 2.24) is 29.3 Å². The van der Waals surface area contributed by atoms with E-state index in [9.17, 15) is 23.8 Å². The molecule has 6 rings (SSSR count). The van der Waals surface area contributed by atoms with Gasteiger partial charge in [0, 0.05) is 56.8 Å². The number of nitrogens with one attached hydrogen (secondary N) is 2. The van der Waals surface area contributed by atoms with Crippen LogP contribution in [0.25, 0.3) is 11.2 Å². The molecule has 0 bridgehead atoms. The Kier molecular flexibility index (Phi) is 10.3. The van der Waals surface area contributed by atoms with Gasteiger partial charge in [0.25, 0.3) is 0 Å². The van der Waals surface area contributed by atoms with Crippen LogP contribution < -0.4 is 10.6 Å². The van der Waals surface area contributed by atoms with Gasteiger partial charge < -0.3 is 25.7 Å². The number of hydrogen-bond acceptors (Lipinski definition) is 9. The number of amides is 1. The number of fused-ring (bicyclic) bond motifs is 1. The van der Waals surface area contributed by atoms with E-state index < -0.39 is 11.6 Å². The van der Waals surface area contributed by atoms with Crippen molar-refractivity contribution < 1.29 is 23.8 Å². The first-order valence-corrected chi connectivity index (χ1v) is 15.4. The number of halogens is 2. The van der Waals surface area contributed by atoms with Crippen molar-refractivity contribution in [2.24, 2.45) is 5.92 Å². The van der Waals surface area contributed by atoms with Gasteiger partial charge in [0.05, 0.1) is 24.6 Å². The number of carbonyl (C=O) groups excluding carboxylic acids is 1. The number of hydrogen-bond donors (Lipinski definition) is 4. The second-order valence-corrected chi connectivity index (χ2v) is 12.0. The average molecular weight is 615 g/mol. The molecule has 1 aromatic carbocycles. The van der Waals surface area contributed by atoms with Crippen molar-refractivity contribution in [3.63, 3.8) is 0 Å². The van der Waals surface area contributed by atoms with Crippen LogP contribution in [0.5, 0.6) is 0 Å². The van der Waals surface area contributed by atoms with E-state index in [1.165, 1.54) is 12.1 Å². The molecule has 44 heavy (non-hydrogen) atoms. The number of anilines is 3. The lowest BCUT2D eigenvalue weighted by atomic mass is 9.85. The lowest BCUT2D eigenvalue weighted by molar-refractivity contribution is -0.138. The Morgan fingerprint density at radius 2 is 1.70 bits per heavy atom. The third kappa shape index (κ3) is 7.10. The highest BCUT2D eigenvalue weighted by atomic mass is 19.1. The van der Waals surface area contributed by atoms with E-state index in [0.717, 1.165) is 57.7 Å². The van der Waals surface area contributed by atoms with Crippen LogP contribution in [0.3, 0.4) is 0 Å². The van der Waals surface area contributed by atoms with Crippen LogP contribution in [0.4, 0.5) is 26.4 Å². The largest absolute Gasteiger partial charge is 0.395 e. The summed E-state index contributed by atoms with van der Waals surface area (Å²) in [7, 11) is 0. The monoisotopic (exact) mass is 614 g/mol. The molecule has 3 aliphatic rings. The third-order valence-electron chi connectivity index (χ3n) is 9.15. The molecule has 4 N–H and O–H groups in total. The van der Waals surface area contributed by atoms with E-state index in [4.69, 9.17) is 9.97 Å². The molecule has 3 fully saturated rings. The first kappa shape index (κ1) is 32.0. The zero-order chi connectivity index (χ0) is 29.9. The third-order valence-corrected chi connectivity index (χ3v) is 9.15. The molecule has 0 spiro atoms. The highest BCUT2D eigenvalue weighted by molar-refractivity contribution is 5.79. The van der Waals surface area contributed by atoms with Gasteiger partial charge in [-0.15, -0.1) is 0 Å². The molecule has 240 valence electrons. The number of imidazole rings is 1. The van der Waals surface area contributed by atoms with E-state index in [2.05, 4.69) is 20.5 Å². The predicted molar refractivity (Wildman–Crippen MR) is 165 cm³/mol. The molecule has 2 aliphatic carbocycles. The minimum absolute atomic E-state index is 0. The summed E-state index contributed by atoms with van der Waals surface area (Å²) in [6.45, 7) is 3.65. The number of carbonyl (C=O) groups is 1. The zero-order valence-electron chi connectivity index (χ0n) is 24.3. The lowest BCUT2D eigenvalue weighted by Gasteiger charge is -2.38. The van der Waals surface area contributed by atoms with Crippen LogP contribution in [-0.4, -0.2) is 96.9 Å². The Morgan fingerprint density at radius 3 is 2.39 bits per heavy atom. The summed E-state index contributed by atoms with van der Waals surface area (Å²) in [5.74, 6) is -0.391. The average Bonchev–Trinajstić information content (AvgIpc) is 3.37. The zero-order valence-corrected chi connectivity index (χ0v) is 24.3. The van der Waals surface area contributed by atoms with E-state index in [0.29, 0.717) is 55.5 Å². The number of rotatable bonds is 8. The van der Waals surface area contributed by atoms with Crippen LogP contribution in [-0.2, 0) is 4.79 Å². The summed E-state index contributed by atoms with van der Waals surface area (Å²) >= 11 is 0. The topological polar surface area (TPSA) is 132 Å². The summed E-state index contributed by atoms with van der Waals surface area (Å²) in [5, 5.41) is 25.5. The number of β-amino-alcohol motifs (C(OH)–C–C–N with tert-alkyl or cyclic N) is 1. The standard InChI is InChI=1S/C30H40F2N8O3.CH4/c31-20-3-10-25(24(32)17-20)35-30-36-26-18-33-29(34-21-4-8-23(42)9-5-21)37-27(26)40(30)22-6-1-19(2-7-22)28(43)39-13-11-38(12-14-39)15-16-41;/h3,10,17-19,21-23,41-42H,1-2,4-9,11-16H2,(H,35,36)(H,33,34,37);1H4. The van der Waals surface area contributed by atoms with Crippen molar-refractivity contribution in [3.05, 3.63) is 36.0 Å². The van der Waals surface area contributed by atoms with E-state index in [1.807, 2.05) is 9.47 Å². The molecule has 2 aromatic heterocycles. The van der Waals surface area contributed by atoms with Crippen LogP contribution in [0.1, 0.15) is 64.8 Å². The summed E-state index contributed by atoms with van der Waals surface area (Å²) in [6.07, 6.45) is 7.37. The molecule has 3 heterocycles. The number of aliphatic hydroxyl groups excluding tert-OH is 2. The van der Waals surface area contributed by atoms with Gasteiger partial charge in [-0.05, 0) is 63.5 Å². The number of aliphatic hydroxyl groups is 2. The van der Waals surface area contributed by atoms with Gasteiger partial charge in [-0.25, -0.2) is 18.7 Å². The quantitative estimate of drug-likeness (QED) is 0.297. The van der Waals surface area contributed by atoms with Gasteiger partial charge in [-0.3, -0.25) is 14.3 Å². The molecule has 1 aliphatic heterocycles. The molecule has 3 aromatic rings. The summed E-state index contributed by atoms with van der Waals surface area (Å²) in [5.41, 5.74) is 1.26. The van der Waals surface area contributed by atoms with Crippen LogP contribution in [0.2, 0.25) is 0 Å². The number of benzene rings is 1. The minimum Gasteiger partial charge on any atom is -0.395 e. The second-order valence-electron chi connectivity index (χ2n) is 12.0. The van der Waals surface area contributed by atoms with Crippen molar-refractivity contribution in [3.8, 4) is 0 Å². The van der Waals surface area contributed by atoms with Gasteiger partial charge in [0.1, 0.15) is 17.2 Å². The summed E-state index contributed by atoms with van der Waals surface area (Å²) in [6, 6.07) is 3.50. The fraction of sp³-hybridized carbons (Fsp3) is 0.613. The van der Waals surface area contributed by atoms with Crippen LogP contribution in [0.15, 0.2) is 24.4 Å². The minimum atomic E-state index is -0.722. The Balaban J connectivity index is 0.00000384. The molecule has 1 saturated heterocycles. The van der Waals surface area contributed by atoms with Crippen LogP contribution in [0, 0.1) is 17.6 Å². The summed E-state index contributed by atoms with van der Waals surface area (Å²) < 4.78 is 30.2. The molecule has 13 heteroatoms. The fourth-order valence-electron chi connectivity index (χ4n) is 6.68. The van der Waals surface area contributed by atoms with Crippen molar-refractivity contribution >= 4 is 34.7 Å². The number of aromatic nitrogens is 4. The molecular weight excluding hydrogens is 570 g/mol.